The molecule has 1 saturated carbocycles. The van der Waals surface area contributed by atoms with Crippen LogP contribution in [0.2, 0.25) is 0 Å². The molecule has 2 aliphatic rings. The molecule has 0 unspecified atom stereocenters. The summed E-state index contributed by atoms with van der Waals surface area (Å²) < 4.78 is 31.8. The highest BCUT2D eigenvalue weighted by Gasteiger charge is 2.41. The Labute approximate surface area is 114 Å². The van der Waals surface area contributed by atoms with Crippen molar-refractivity contribution in [1.29, 1.82) is 0 Å². The first-order valence-corrected chi connectivity index (χ1v) is 8.60. The lowest BCUT2D eigenvalue weighted by Crippen LogP contribution is -2.46. The Morgan fingerprint density at radius 2 is 1.84 bits per heavy atom. The van der Waals surface area contributed by atoms with Gasteiger partial charge in [-0.2, -0.15) is 4.31 Å². The van der Waals surface area contributed by atoms with Crippen molar-refractivity contribution < 1.29 is 12.8 Å². The van der Waals surface area contributed by atoms with E-state index in [1.807, 2.05) is 0 Å². The lowest BCUT2D eigenvalue weighted by atomic mass is 9.70. The van der Waals surface area contributed by atoms with E-state index in [4.69, 9.17) is 4.42 Å². The quantitative estimate of drug-likeness (QED) is 0.838. The van der Waals surface area contributed by atoms with Gasteiger partial charge in [-0.3, -0.25) is 0 Å². The smallest absolute Gasteiger partial charge is 0.276 e. The number of hydrogen-bond acceptors (Lipinski definition) is 3. The van der Waals surface area contributed by atoms with Crippen LogP contribution in [-0.2, 0) is 10.0 Å². The van der Waals surface area contributed by atoms with Gasteiger partial charge in [0.15, 0.2) is 0 Å². The van der Waals surface area contributed by atoms with Crippen molar-refractivity contribution in [2.45, 2.75) is 50.0 Å². The maximum Gasteiger partial charge on any atom is 0.276 e. The second-order valence-corrected chi connectivity index (χ2v) is 7.80. The van der Waals surface area contributed by atoms with Crippen LogP contribution >= 0.6 is 0 Å². The van der Waals surface area contributed by atoms with Crippen molar-refractivity contribution in [2.24, 2.45) is 5.41 Å². The third-order valence-electron chi connectivity index (χ3n) is 4.63. The summed E-state index contributed by atoms with van der Waals surface area (Å²) in [5, 5.41) is 0.0837. The first-order chi connectivity index (χ1) is 9.12. The molecule has 1 spiro atoms. The summed E-state index contributed by atoms with van der Waals surface area (Å²) in [4.78, 5) is 0. The van der Waals surface area contributed by atoms with Crippen molar-refractivity contribution in [2.75, 3.05) is 13.1 Å². The summed E-state index contributed by atoms with van der Waals surface area (Å²) in [6, 6.07) is 3.17. The first kappa shape index (κ1) is 13.2. The summed E-state index contributed by atoms with van der Waals surface area (Å²) in [5.74, 6) is 0. The van der Waals surface area contributed by atoms with E-state index in [9.17, 15) is 8.42 Å². The molecule has 0 N–H and O–H groups in total. The fourth-order valence-electron chi connectivity index (χ4n) is 3.62. The number of piperidine rings is 1. The van der Waals surface area contributed by atoms with Crippen LogP contribution in [0.3, 0.4) is 0 Å². The Morgan fingerprint density at radius 3 is 2.53 bits per heavy atom. The van der Waals surface area contributed by atoms with Gasteiger partial charge < -0.3 is 4.42 Å². The van der Waals surface area contributed by atoms with E-state index in [0.717, 1.165) is 6.42 Å². The van der Waals surface area contributed by atoms with E-state index in [0.29, 0.717) is 13.1 Å². The van der Waals surface area contributed by atoms with Crippen LogP contribution in [-0.4, -0.2) is 25.8 Å². The molecule has 1 aliphatic carbocycles. The lowest BCUT2D eigenvalue weighted by molar-refractivity contribution is 0.0956. The van der Waals surface area contributed by atoms with Gasteiger partial charge in [0.1, 0.15) is 0 Å². The zero-order valence-electron chi connectivity index (χ0n) is 11.2. The van der Waals surface area contributed by atoms with E-state index in [-0.39, 0.29) is 10.5 Å². The first-order valence-electron chi connectivity index (χ1n) is 7.16. The van der Waals surface area contributed by atoms with Crippen LogP contribution in [0.1, 0.15) is 44.9 Å². The van der Waals surface area contributed by atoms with Crippen molar-refractivity contribution in [1.82, 2.24) is 4.31 Å². The van der Waals surface area contributed by atoms with Crippen LogP contribution in [0.4, 0.5) is 0 Å². The normalized spacial score (nSPS) is 24.6. The van der Waals surface area contributed by atoms with Gasteiger partial charge in [0, 0.05) is 13.1 Å². The standard InChI is InChI=1S/C14H21NO3S/c16-19(17,13-6-4-11-18-13)15-10-5-9-14(12-15)7-2-1-3-8-14/h4,6,11H,1-3,5,7-10,12H2. The van der Waals surface area contributed by atoms with E-state index in [2.05, 4.69) is 0 Å². The molecule has 0 radical (unpaired) electrons. The molecule has 0 amide bonds. The highest BCUT2D eigenvalue weighted by Crippen LogP contribution is 2.44. The fourth-order valence-corrected chi connectivity index (χ4v) is 5.11. The molecule has 5 heteroatoms. The summed E-state index contributed by atoms with van der Waals surface area (Å²) in [7, 11) is -3.43. The zero-order chi connectivity index (χ0) is 13.3. The molecule has 0 atom stereocenters. The molecule has 1 aromatic heterocycles. The van der Waals surface area contributed by atoms with Crippen LogP contribution in [0, 0.1) is 5.41 Å². The lowest BCUT2D eigenvalue weighted by Gasteiger charge is -2.44. The van der Waals surface area contributed by atoms with Gasteiger partial charge in [-0.15, -0.1) is 0 Å². The third-order valence-corrected chi connectivity index (χ3v) is 6.36. The van der Waals surface area contributed by atoms with E-state index in [1.165, 1.54) is 50.9 Å². The molecule has 1 aliphatic heterocycles. The van der Waals surface area contributed by atoms with Crippen LogP contribution < -0.4 is 0 Å². The molecule has 106 valence electrons. The minimum absolute atomic E-state index is 0.0837. The molecule has 2 heterocycles. The second-order valence-electron chi connectivity index (χ2n) is 5.93. The number of nitrogens with zero attached hydrogens (tertiary/aromatic N) is 1. The number of sulfonamides is 1. The average Bonchev–Trinajstić information content (AvgIpc) is 2.94. The Hall–Kier alpha value is -0.810. The van der Waals surface area contributed by atoms with Crippen LogP contribution in [0.5, 0.6) is 0 Å². The van der Waals surface area contributed by atoms with E-state index in [1.54, 1.807) is 10.4 Å². The van der Waals surface area contributed by atoms with Gasteiger partial charge in [-0.05, 0) is 43.2 Å². The summed E-state index contributed by atoms with van der Waals surface area (Å²) in [6.45, 7) is 1.31. The maximum atomic E-state index is 12.5. The largest absolute Gasteiger partial charge is 0.452 e. The van der Waals surface area contributed by atoms with Gasteiger partial charge in [0.25, 0.3) is 10.0 Å². The monoisotopic (exact) mass is 283 g/mol. The summed E-state index contributed by atoms with van der Waals surface area (Å²) in [5.41, 5.74) is 0.232. The van der Waals surface area contributed by atoms with E-state index >= 15 is 0 Å². The van der Waals surface area contributed by atoms with Gasteiger partial charge >= 0.3 is 0 Å². The predicted octanol–water partition coefficient (Wildman–Crippen LogP) is 3.01. The molecule has 19 heavy (non-hydrogen) atoms. The van der Waals surface area contributed by atoms with Gasteiger partial charge in [0.2, 0.25) is 5.09 Å². The molecule has 2 fully saturated rings. The van der Waals surface area contributed by atoms with Crippen LogP contribution in [0.15, 0.2) is 27.9 Å². The molecular weight excluding hydrogens is 262 g/mol. The van der Waals surface area contributed by atoms with Crippen molar-refractivity contribution in [3.63, 3.8) is 0 Å². The fraction of sp³-hybridized carbons (Fsp3) is 0.714. The minimum atomic E-state index is -3.43. The Kier molecular flexibility index (Phi) is 3.43. The third kappa shape index (κ3) is 2.46. The second kappa shape index (κ2) is 4.94. The SMILES string of the molecule is O=S(=O)(c1ccco1)N1CCCC2(CCCCC2)C1. The Bertz CT molecular complexity index is 509. The molecule has 3 rings (SSSR count). The molecule has 0 bridgehead atoms. The van der Waals surface area contributed by atoms with Gasteiger partial charge in [0.05, 0.1) is 6.26 Å². The number of furan rings is 1. The van der Waals surface area contributed by atoms with Crippen molar-refractivity contribution >= 4 is 10.0 Å². The predicted molar refractivity (Wildman–Crippen MR) is 72.2 cm³/mol. The minimum Gasteiger partial charge on any atom is -0.452 e. The molecule has 4 nitrogen and oxygen atoms in total. The zero-order valence-corrected chi connectivity index (χ0v) is 12.0. The van der Waals surface area contributed by atoms with Crippen molar-refractivity contribution in [3.8, 4) is 0 Å². The molecule has 0 aromatic carbocycles. The Balaban J connectivity index is 1.82. The average molecular weight is 283 g/mol. The summed E-state index contributed by atoms with van der Waals surface area (Å²) in [6.07, 6.45) is 9.72. The highest BCUT2D eigenvalue weighted by molar-refractivity contribution is 7.89. The topological polar surface area (TPSA) is 50.5 Å². The molecular formula is C14H21NO3S. The van der Waals surface area contributed by atoms with Crippen molar-refractivity contribution in [3.05, 3.63) is 18.4 Å². The Morgan fingerprint density at radius 1 is 1.11 bits per heavy atom. The van der Waals surface area contributed by atoms with Crippen LogP contribution in [0.25, 0.3) is 0 Å². The highest BCUT2D eigenvalue weighted by atomic mass is 32.2. The van der Waals surface area contributed by atoms with Gasteiger partial charge in [-0.1, -0.05) is 19.3 Å². The molecule has 1 aromatic rings. The molecule has 1 saturated heterocycles. The van der Waals surface area contributed by atoms with E-state index < -0.39 is 10.0 Å². The number of rotatable bonds is 2. The maximum absolute atomic E-state index is 12.5. The van der Waals surface area contributed by atoms with Gasteiger partial charge in [-0.25, -0.2) is 8.42 Å². The summed E-state index contributed by atoms with van der Waals surface area (Å²) >= 11 is 0. The number of hydrogen-bond donors (Lipinski definition) is 0.